The number of aromatic nitrogens is 1. The van der Waals surface area contributed by atoms with E-state index >= 15 is 0 Å². The Morgan fingerprint density at radius 3 is 2.86 bits per heavy atom. The number of fused-ring (bicyclic) bond motifs is 1. The number of guanidine groups is 1. The van der Waals surface area contributed by atoms with Crippen molar-refractivity contribution in [2.75, 3.05) is 52.5 Å². The maximum absolute atomic E-state index is 10.7. The predicted molar refractivity (Wildman–Crippen MR) is 120 cm³/mol. The average molecular weight is 420 g/mol. The Kier molecular flexibility index (Phi) is 8.23. The number of thiazole rings is 1. The summed E-state index contributed by atoms with van der Waals surface area (Å²) < 4.78 is 6.62. The van der Waals surface area contributed by atoms with Crippen molar-refractivity contribution in [3.8, 4) is 0 Å². The number of ether oxygens (including phenoxy) is 1. The fraction of sp³-hybridized carbons (Fsp3) is 0.619. The van der Waals surface area contributed by atoms with Gasteiger partial charge in [0.15, 0.2) is 5.96 Å². The zero-order chi connectivity index (χ0) is 20.5. The van der Waals surface area contributed by atoms with Crippen molar-refractivity contribution in [2.24, 2.45) is 4.99 Å². The minimum Gasteiger partial charge on any atom is -0.387 e. The van der Waals surface area contributed by atoms with E-state index in [1.807, 2.05) is 19.9 Å². The van der Waals surface area contributed by atoms with Crippen molar-refractivity contribution in [1.29, 1.82) is 0 Å². The van der Waals surface area contributed by atoms with Crippen LogP contribution in [0.15, 0.2) is 29.3 Å². The molecule has 2 aromatic rings. The maximum Gasteiger partial charge on any atom is 0.191 e. The molecule has 0 bridgehead atoms. The Labute approximate surface area is 177 Å². The zero-order valence-electron chi connectivity index (χ0n) is 17.5. The predicted octanol–water partition coefficient (Wildman–Crippen LogP) is 1.87. The number of para-hydroxylation sites is 1. The number of nitrogens with one attached hydrogen (secondary N) is 2. The lowest BCUT2D eigenvalue weighted by atomic mass is 10.1. The second-order valence-corrected chi connectivity index (χ2v) is 8.80. The van der Waals surface area contributed by atoms with Crippen LogP contribution in [0.2, 0.25) is 0 Å². The number of aliphatic imine (C=N–C) groups is 1. The molecule has 3 rings (SSSR count). The Bertz CT molecular complexity index is 753. The lowest BCUT2D eigenvalue weighted by Gasteiger charge is -2.33. The van der Waals surface area contributed by atoms with E-state index in [0.29, 0.717) is 13.1 Å². The Hall–Kier alpha value is -1.74. The van der Waals surface area contributed by atoms with Crippen molar-refractivity contribution in [3.63, 3.8) is 0 Å². The molecule has 7 nitrogen and oxygen atoms in total. The Morgan fingerprint density at radius 2 is 2.10 bits per heavy atom. The first-order valence-electron chi connectivity index (χ1n) is 10.4. The van der Waals surface area contributed by atoms with Gasteiger partial charge in [-0.3, -0.25) is 9.89 Å². The van der Waals surface area contributed by atoms with Gasteiger partial charge in [0.2, 0.25) is 0 Å². The van der Waals surface area contributed by atoms with Gasteiger partial charge in [0.05, 0.1) is 40.6 Å². The first-order chi connectivity index (χ1) is 14.1. The molecule has 160 valence electrons. The van der Waals surface area contributed by atoms with Crippen molar-refractivity contribution >= 4 is 27.5 Å². The molecule has 0 spiro atoms. The van der Waals surface area contributed by atoms with Crippen LogP contribution in [0.5, 0.6) is 0 Å². The summed E-state index contributed by atoms with van der Waals surface area (Å²) in [7, 11) is 0. The van der Waals surface area contributed by atoms with Crippen LogP contribution >= 0.6 is 11.3 Å². The molecule has 0 radical (unpaired) electrons. The van der Waals surface area contributed by atoms with Gasteiger partial charge in [-0.05, 0) is 32.4 Å². The average Bonchev–Trinajstić information content (AvgIpc) is 3.12. The standard InChI is InChI=1S/C21H33N5O2S/c1-3-22-20(24-15-21(2,27)16-26-11-13-28-14-12-26)23-10-6-9-19-25-17-7-4-5-8-18(17)29-19/h4-5,7-8,27H,3,6,9-16H2,1-2H3,(H2,22,23,24). The third-order valence-electron chi connectivity index (χ3n) is 4.79. The fourth-order valence-electron chi connectivity index (χ4n) is 3.36. The number of aliphatic hydroxyl groups is 1. The molecule has 2 heterocycles. The van der Waals surface area contributed by atoms with Gasteiger partial charge in [0.1, 0.15) is 0 Å². The molecule has 3 N–H and O–H groups in total. The van der Waals surface area contributed by atoms with Gasteiger partial charge in [-0.25, -0.2) is 4.98 Å². The summed E-state index contributed by atoms with van der Waals surface area (Å²) in [5, 5.41) is 18.5. The molecule has 29 heavy (non-hydrogen) atoms. The highest BCUT2D eigenvalue weighted by atomic mass is 32.1. The molecule has 0 amide bonds. The van der Waals surface area contributed by atoms with E-state index in [4.69, 9.17) is 4.74 Å². The van der Waals surface area contributed by atoms with Crippen molar-refractivity contribution < 1.29 is 9.84 Å². The van der Waals surface area contributed by atoms with Gasteiger partial charge in [0.25, 0.3) is 0 Å². The number of β-amino-alcohol motifs (C(OH)–C–C–N with tert-alkyl or cyclic N) is 1. The second kappa shape index (κ2) is 10.9. The molecule has 1 atom stereocenters. The lowest BCUT2D eigenvalue weighted by Crippen LogP contribution is -2.48. The molecular weight excluding hydrogens is 386 g/mol. The smallest absolute Gasteiger partial charge is 0.191 e. The maximum atomic E-state index is 10.7. The van der Waals surface area contributed by atoms with E-state index in [-0.39, 0.29) is 0 Å². The van der Waals surface area contributed by atoms with Crippen molar-refractivity contribution in [3.05, 3.63) is 29.3 Å². The highest BCUT2D eigenvalue weighted by Crippen LogP contribution is 2.22. The second-order valence-electron chi connectivity index (χ2n) is 7.69. The molecule has 1 aromatic heterocycles. The van der Waals surface area contributed by atoms with Crippen LogP contribution in [-0.4, -0.2) is 79.0 Å². The minimum absolute atomic E-state index is 0.359. The SMILES string of the molecule is CCNC(=NCC(C)(O)CN1CCOCC1)NCCCc1nc2ccccc2s1. The van der Waals surface area contributed by atoms with Crippen molar-refractivity contribution in [2.45, 2.75) is 32.3 Å². The number of benzene rings is 1. The quantitative estimate of drug-likeness (QED) is 0.327. The van der Waals surface area contributed by atoms with Gasteiger partial charge < -0.3 is 20.5 Å². The minimum atomic E-state index is -0.860. The first-order valence-corrected chi connectivity index (χ1v) is 11.3. The van der Waals surface area contributed by atoms with Crippen LogP contribution in [0, 0.1) is 0 Å². The molecule has 8 heteroatoms. The van der Waals surface area contributed by atoms with E-state index in [2.05, 4.69) is 43.7 Å². The number of rotatable bonds is 9. The third-order valence-corrected chi connectivity index (χ3v) is 5.88. The molecule has 1 saturated heterocycles. The fourth-order valence-corrected chi connectivity index (χ4v) is 4.36. The summed E-state index contributed by atoms with van der Waals surface area (Å²) in [6.07, 6.45) is 1.93. The zero-order valence-corrected chi connectivity index (χ0v) is 18.3. The van der Waals surface area contributed by atoms with Crippen LogP contribution in [0.25, 0.3) is 10.2 Å². The summed E-state index contributed by atoms with van der Waals surface area (Å²) in [5.74, 6) is 0.749. The molecule has 1 aliphatic rings. The number of hydrogen-bond acceptors (Lipinski definition) is 6. The Morgan fingerprint density at radius 1 is 1.31 bits per heavy atom. The lowest BCUT2D eigenvalue weighted by molar-refractivity contribution is -0.0179. The largest absolute Gasteiger partial charge is 0.387 e. The molecule has 1 aliphatic heterocycles. The summed E-state index contributed by atoms with van der Waals surface area (Å²) in [6.45, 7) is 9.66. The van der Waals surface area contributed by atoms with E-state index in [1.54, 1.807) is 11.3 Å². The van der Waals surface area contributed by atoms with Crippen LogP contribution in [0.1, 0.15) is 25.3 Å². The van der Waals surface area contributed by atoms with Gasteiger partial charge in [-0.1, -0.05) is 12.1 Å². The topological polar surface area (TPSA) is 82.0 Å². The highest BCUT2D eigenvalue weighted by Gasteiger charge is 2.25. The summed E-state index contributed by atoms with van der Waals surface area (Å²) in [4.78, 5) is 11.5. The summed E-state index contributed by atoms with van der Waals surface area (Å²) in [6, 6.07) is 8.26. The van der Waals surface area contributed by atoms with Gasteiger partial charge in [-0.2, -0.15) is 0 Å². The number of nitrogens with zero attached hydrogens (tertiary/aromatic N) is 3. The highest BCUT2D eigenvalue weighted by molar-refractivity contribution is 7.18. The van der Waals surface area contributed by atoms with Crippen LogP contribution in [-0.2, 0) is 11.2 Å². The number of hydrogen-bond donors (Lipinski definition) is 3. The Balaban J connectivity index is 1.44. The van der Waals surface area contributed by atoms with Gasteiger partial charge >= 0.3 is 0 Å². The van der Waals surface area contributed by atoms with E-state index in [0.717, 1.165) is 63.7 Å². The number of morpholine rings is 1. The molecule has 1 aromatic carbocycles. The molecule has 0 aliphatic carbocycles. The van der Waals surface area contributed by atoms with Gasteiger partial charge in [0, 0.05) is 39.1 Å². The van der Waals surface area contributed by atoms with Crippen molar-refractivity contribution in [1.82, 2.24) is 20.5 Å². The number of aryl methyl sites for hydroxylation is 1. The third kappa shape index (κ3) is 7.22. The van der Waals surface area contributed by atoms with E-state index in [1.165, 1.54) is 9.71 Å². The van der Waals surface area contributed by atoms with Crippen LogP contribution in [0.4, 0.5) is 0 Å². The summed E-state index contributed by atoms with van der Waals surface area (Å²) in [5.41, 5.74) is 0.221. The van der Waals surface area contributed by atoms with Gasteiger partial charge in [-0.15, -0.1) is 11.3 Å². The van der Waals surface area contributed by atoms with E-state index < -0.39 is 5.60 Å². The summed E-state index contributed by atoms with van der Waals surface area (Å²) >= 11 is 1.77. The molecule has 0 saturated carbocycles. The first kappa shape index (κ1) is 22.0. The molecular formula is C21H33N5O2S. The van der Waals surface area contributed by atoms with Crippen LogP contribution in [0.3, 0.4) is 0 Å². The van der Waals surface area contributed by atoms with Crippen LogP contribution < -0.4 is 10.6 Å². The monoisotopic (exact) mass is 419 g/mol. The molecule has 1 fully saturated rings. The van der Waals surface area contributed by atoms with E-state index in [9.17, 15) is 5.11 Å². The normalized spacial score (nSPS) is 18.0. The molecule has 1 unspecified atom stereocenters.